The number of hydrogen-bond donors (Lipinski definition) is 1. The topological polar surface area (TPSA) is 41.6 Å². The van der Waals surface area contributed by atoms with Crippen LogP contribution in [0.5, 0.6) is 0 Å². The van der Waals surface area contributed by atoms with Crippen LogP contribution in [0.25, 0.3) is 0 Å². The van der Waals surface area contributed by atoms with Crippen molar-refractivity contribution < 1.29 is 9.53 Å². The maximum absolute atomic E-state index is 12.1. The maximum Gasteiger partial charge on any atom is 0.227 e. The van der Waals surface area contributed by atoms with Crippen molar-refractivity contribution in [2.75, 3.05) is 38.2 Å². The first-order chi connectivity index (χ1) is 8.83. The summed E-state index contributed by atoms with van der Waals surface area (Å²) in [5, 5.41) is 3.35. The van der Waals surface area contributed by atoms with E-state index in [0.717, 1.165) is 31.6 Å². The molecule has 0 bridgehead atoms. The average Bonchev–Trinajstić information content (AvgIpc) is 2.87. The lowest BCUT2D eigenvalue weighted by molar-refractivity contribution is -0.134. The summed E-state index contributed by atoms with van der Waals surface area (Å²) in [6, 6.07) is 6.32. The molecule has 2 heterocycles. The smallest absolute Gasteiger partial charge is 0.227 e. The molecule has 2 aliphatic heterocycles. The summed E-state index contributed by atoms with van der Waals surface area (Å²) >= 11 is 0. The zero-order valence-corrected chi connectivity index (χ0v) is 10.4. The Bertz CT molecular complexity index is 453. The van der Waals surface area contributed by atoms with E-state index in [1.54, 1.807) is 0 Å². The van der Waals surface area contributed by atoms with E-state index in [2.05, 4.69) is 23.5 Å². The quantitative estimate of drug-likeness (QED) is 0.848. The number of carbonyl (C=O) groups is 1. The second-order valence-electron chi connectivity index (χ2n) is 4.84. The standard InChI is InChI=1S/C14H18N2O2/c17-14(16-5-7-18-8-6-16)10-11-1-2-12-3-4-15-13(12)9-11/h1-2,9,15H,3-8,10H2. The number of hydrogen-bond acceptors (Lipinski definition) is 3. The number of carbonyl (C=O) groups excluding carboxylic acids is 1. The summed E-state index contributed by atoms with van der Waals surface area (Å²) in [5.41, 5.74) is 3.65. The van der Waals surface area contributed by atoms with Crippen molar-refractivity contribution in [2.45, 2.75) is 12.8 Å². The zero-order valence-electron chi connectivity index (χ0n) is 10.4. The predicted octanol–water partition coefficient (Wildman–Crippen LogP) is 1.06. The molecular formula is C14H18N2O2. The summed E-state index contributed by atoms with van der Waals surface area (Å²) in [5.74, 6) is 0.205. The minimum absolute atomic E-state index is 0.205. The van der Waals surface area contributed by atoms with Crippen LogP contribution < -0.4 is 5.32 Å². The number of benzene rings is 1. The normalized spacial score (nSPS) is 18.3. The molecule has 96 valence electrons. The van der Waals surface area contributed by atoms with E-state index >= 15 is 0 Å². The molecule has 0 atom stereocenters. The third-order valence-corrected chi connectivity index (χ3v) is 3.60. The van der Waals surface area contributed by atoms with Crippen LogP contribution in [0.15, 0.2) is 18.2 Å². The highest BCUT2D eigenvalue weighted by molar-refractivity contribution is 5.79. The van der Waals surface area contributed by atoms with Gasteiger partial charge in [-0.25, -0.2) is 0 Å². The van der Waals surface area contributed by atoms with Gasteiger partial charge in [0.15, 0.2) is 0 Å². The van der Waals surface area contributed by atoms with Crippen LogP contribution in [-0.2, 0) is 22.4 Å². The highest BCUT2D eigenvalue weighted by Crippen LogP contribution is 2.23. The Morgan fingerprint density at radius 3 is 3.00 bits per heavy atom. The van der Waals surface area contributed by atoms with Crippen LogP contribution in [0.4, 0.5) is 5.69 Å². The second kappa shape index (κ2) is 4.98. The van der Waals surface area contributed by atoms with Crippen molar-refractivity contribution in [3.63, 3.8) is 0 Å². The van der Waals surface area contributed by atoms with Crippen molar-refractivity contribution in [2.24, 2.45) is 0 Å². The van der Waals surface area contributed by atoms with Crippen molar-refractivity contribution in [3.05, 3.63) is 29.3 Å². The van der Waals surface area contributed by atoms with Gasteiger partial charge < -0.3 is 15.0 Å². The lowest BCUT2D eigenvalue weighted by atomic mass is 10.1. The van der Waals surface area contributed by atoms with Crippen molar-refractivity contribution in [1.82, 2.24) is 4.90 Å². The first-order valence-corrected chi connectivity index (χ1v) is 6.54. The summed E-state index contributed by atoms with van der Waals surface area (Å²) in [7, 11) is 0. The minimum Gasteiger partial charge on any atom is -0.384 e. The fourth-order valence-corrected chi connectivity index (χ4v) is 2.55. The van der Waals surface area contributed by atoms with Crippen LogP contribution in [0.1, 0.15) is 11.1 Å². The Balaban J connectivity index is 1.66. The van der Waals surface area contributed by atoms with E-state index in [1.165, 1.54) is 11.3 Å². The van der Waals surface area contributed by atoms with Crippen LogP contribution >= 0.6 is 0 Å². The molecule has 1 fully saturated rings. The Morgan fingerprint density at radius 1 is 1.33 bits per heavy atom. The lowest BCUT2D eigenvalue weighted by Crippen LogP contribution is -2.41. The minimum atomic E-state index is 0.205. The summed E-state index contributed by atoms with van der Waals surface area (Å²) in [6.45, 7) is 3.79. The van der Waals surface area contributed by atoms with Crippen molar-refractivity contribution in [1.29, 1.82) is 0 Å². The third kappa shape index (κ3) is 2.34. The SMILES string of the molecule is O=C(Cc1ccc2c(c1)NCC2)N1CCOCC1. The van der Waals surface area contributed by atoms with Gasteiger partial charge in [-0.2, -0.15) is 0 Å². The Kier molecular flexibility index (Phi) is 3.19. The van der Waals surface area contributed by atoms with E-state index < -0.39 is 0 Å². The number of nitrogens with one attached hydrogen (secondary N) is 1. The van der Waals surface area contributed by atoms with Gasteiger partial charge in [0.05, 0.1) is 19.6 Å². The number of ether oxygens (including phenoxy) is 1. The number of morpholine rings is 1. The first kappa shape index (κ1) is 11.5. The highest BCUT2D eigenvalue weighted by Gasteiger charge is 2.18. The molecule has 3 rings (SSSR count). The van der Waals surface area contributed by atoms with Crippen LogP contribution in [0.3, 0.4) is 0 Å². The number of anilines is 1. The third-order valence-electron chi connectivity index (χ3n) is 3.60. The fraction of sp³-hybridized carbons (Fsp3) is 0.500. The molecule has 4 nitrogen and oxygen atoms in total. The van der Waals surface area contributed by atoms with Gasteiger partial charge in [-0.15, -0.1) is 0 Å². The highest BCUT2D eigenvalue weighted by atomic mass is 16.5. The van der Waals surface area contributed by atoms with E-state index in [1.807, 2.05) is 4.90 Å². The molecule has 1 amide bonds. The number of fused-ring (bicyclic) bond motifs is 1. The van der Waals surface area contributed by atoms with Crippen molar-refractivity contribution in [3.8, 4) is 0 Å². The van der Waals surface area contributed by atoms with E-state index in [-0.39, 0.29) is 5.91 Å². The summed E-state index contributed by atoms with van der Waals surface area (Å²) in [6.07, 6.45) is 1.59. The summed E-state index contributed by atoms with van der Waals surface area (Å²) < 4.78 is 5.26. The van der Waals surface area contributed by atoms with Crippen molar-refractivity contribution >= 4 is 11.6 Å². The largest absolute Gasteiger partial charge is 0.384 e. The Morgan fingerprint density at radius 2 is 2.17 bits per heavy atom. The monoisotopic (exact) mass is 246 g/mol. The van der Waals surface area contributed by atoms with E-state index in [0.29, 0.717) is 19.6 Å². The van der Waals surface area contributed by atoms with Crippen LogP contribution in [-0.4, -0.2) is 43.7 Å². The zero-order chi connectivity index (χ0) is 12.4. The predicted molar refractivity (Wildman–Crippen MR) is 69.7 cm³/mol. The van der Waals surface area contributed by atoms with Crippen LogP contribution in [0.2, 0.25) is 0 Å². The van der Waals surface area contributed by atoms with Gasteiger partial charge in [0.2, 0.25) is 5.91 Å². The van der Waals surface area contributed by atoms with Gasteiger partial charge in [-0.1, -0.05) is 12.1 Å². The van der Waals surface area contributed by atoms with Gasteiger partial charge >= 0.3 is 0 Å². The van der Waals surface area contributed by atoms with Gasteiger partial charge in [-0.3, -0.25) is 4.79 Å². The molecule has 0 aromatic heterocycles. The second-order valence-corrected chi connectivity index (χ2v) is 4.84. The summed E-state index contributed by atoms with van der Waals surface area (Å²) in [4.78, 5) is 14.0. The molecule has 0 aliphatic carbocycles. The fourth-order valence-electron chi connectivity index (χ4n) is 2.55. The Labute approximate surface area is 107 Å². The molecule has 18 heavy (non-hydrogen) atoms. The molecule has 1 N–H and O–H groups in total. The van der Waals surface area contributed by atoms with Gasteiger partial charge in [0, 0.05) is 25.3 Å². The molecule has 0 unspecified atom stereocenters. The maximum atomic E-state index is 12.1. The number of nitrogens with zero attached hydrogens (tertiary/aromatic N) is 1. The molecule has 2 aliphatic rings. The van der Waals surface area contributed by atoms with E-state index in [9.17, 15) is 4.79 Å². The number of rotatable bonds is 2. The Hall–Kier alpha value is -1.55. The molecule has 1 aromatic carbocycles. The average molecular weight is 246 g/mol. The van der Waals surface area contributed by atoms with Gasteiger partial charge in [-0.05, 0) is 23.6 Å². The van der Waals surface area contributed by atoms with E-state index in [4.69, 9.17) is 4.74 Å². The molecular weight excluding hydrogens is 228 g/mol. The molecule has 1 saturated heterocycles. The molecule has 0 saturated carbocycles. The van der Waals surface area contributed by atoms with Gasteiger partial charge in [0.1, 0.15) is 0 Å². The number of amides is 1. The first-order valence-electron chi connectivity index (χ1n) is 6.54. The molecule has 4 heteroatoms. The van der Waals surface area contributed by atoms with Gasteiger partial charge in [0.25, 0.3) is 0 Å². The van der Waals surface area contributed by atoms with Crippen LogP contribution in [0, 0.1) is 0 Å². The molecule has 1 aromatic rings. The molecule has 0 radical (unpaired) electrons. The molecule has 0 spiro atoms. The lowest BCUT2D eigenvalue weighted by Gasteiger charge is -2.26.